The summed E-state index contributed by atoms with van der Waals surface area (Å²) in [7, 11) is 0. The molecule has 0 radical (unpaired) electrons. The third-order valence-corrected chi connectivity index (χ3v) is 5.71. The zero-order valence-electron chi connectivity index (χ0n) is 17.3. The molecule has 0 unspecified atom stereocenters. The highest BCUT2D eigenvalue weighted by atomic mass is 16.5. The van der Waals surface area contributed by atoms with E-state index in [-0.39, 0.29) is 17.7 Å². The van der Waals surface area contributed by atoms with Gasteiger partial charge >= 0.3 is 0 Å². The summed E-state index contributed by atoms with van der Waals surface area (Å²) in [6.45, 7) is 9.16. The van der Waals surface area contributed by atoms with Gasteiger partial charge in [-0.3, -0.25) is 9.69 Å². The van der Waals surface area contributed by atoms with Gasteiger partial charge in [0.05, 0.1) is 12.6 Å². The van der Waals surface area contributed by atoms with E-state index in [2.05, 4.69) is 45.3 Å². The molecule has 1 fully saturated rings. The number of hydrogen-bond donors (Lipinski definition) is 1. The molecule has 2 atom stereocenters. The summed E-state index contributed by atoms with van der Waals surface area (Å²) < 4.78 is 7.58. The van der Waals surface area contributed by atoms with E-state index in [1.165, 1.54) is 0 Å². The maximum absolute atomic E-state index is 13.1. The largest absolute Gasteiger partial charge is 0.376 e. The van der Waals surface area contributed by atoms with Crippen molar-refractivity contribution in [2.75, 3.05) is 19.7 Å². The fraction of sp³-hybridized carbons (Fsp3) is 0.524. The Morgan fingerprint density at radius 1 is 1.31 bits per heavy atom. The van der Waals surface area contributed by atoms with Crippen molar-refractivity contribution in [3.8, 4) is 0 Å². The number of ether oxygens (including phenoxy) is 1. The molecule has 1 aromatic carbocycles. The molecule has 8 nitrogen and oxygen atoms in total. The monoisotopic (exact) mass is 396 g/mol. The van der Waals surface area contributed by atoms with E-state index >= 15 is 0 Å². The van der Waals surface area contributed by atoms with Crippen molar-refractivity contribution in [3.05, 3.63) is 51.6 Å². The maximum Gasteiger partial charge on any atom is 0.253 e. The Hall–Kier alpha value is -2.58. The minimum Gasteiger partial charge on any atom is -0.376 e. The van der Waals surface area contributed by atoms with Crippen molar-refractivity contribution in [1.29, 1.82) is 0 Å². The van der Waals surface area contributed by atoms with E-state index in [1.54, 1.807) is 4.68 Å². The van der Waals surface area contributed by atoms with Crippen molar-refractivity contribution < 1.29 is 4.74 Å². The number of H-pyrrole nitrogens is 1. The van der Waals surface area contributed by atoms with Gasteiger partial charge in [0.15, 0.2) is 5.82 Å². The zero-order chi connectivity index (χ0) is 20.4. The summed E-state index contributed by atoms with van der Waals surface area (Å²) in [4.78, 5) is 18.3. The molecule has 1 N–H and O–H groups in total. The molecular formula is C21H28N6O2. The molecule has 1 aliphatic heterocycles. The first kappa shape index (κ1) is 19.7. The van der Waals surface area contributed by atoms with Crippen molar-refractivity contribution in [2.24, 2.45) is 0 Å². The Balaban J connectivity index is 1.81. The summed E-state index contributed by atoms with van der Waals surface area (Å²) in [6, 6.07) is 7.69. The number of nitrogens with one attached hydrogen (secondary N) is 1. The lowest BCUT2D eigenvalue weighted by Crippen LogP contribution is -2.35. The van der Waals surface area contributed by atoms with Crippen LogP contribution in [0.15, 0.2) is 29.1 Å². The topological polar surface area (TPSA) is 88.9 Å². The number of hydrogen-bond acceptors (Lipinski definition) is 6. The first-order valence-corrected chi connectivity index (χ1v) is 10.4. The molecule has 3 heterocycles. The molecule has 29 heavy (non-hydrogen) atoms. The lowest BCUT2D eigenvalue weighted by Gasteiger charge is -2.29. The predicted octanol–water partition coefficient (Wildman–Crippen LogP) is 2.43. The summed E-state index contributed by atoms with van der Waals surface area (Å²) >= 11 is 0. The van der Waals surface area contributed by atoms with Crippen molar-refractivity contribution >= 4 is 10.9 Å². The highest BCUT2D eigenvalue weighted by Crippen LogP contribution is 2.27. The molecule has 0 spiro atoms. The molecule has 4 rings (SSSR count). The fourth-order valence-electron chi connectivity index (χ4n) is 4.15. The van der Waals surface area contributed by atoms with E-state index in [1.807, 2.05) is 25.1 Å². The fourth-order valence-corrected chi connectivity index (χ4v) is 4.15. The first-order chi connectivity index (χ1) is 14.1. The van der Waals surface area contributed by atoms with Crippen LogP contribution in [-0.4, -0.2) is 55.9 Å². The molecule has 1 aliphatic rings. The van der Waals surface area contributed by atoms with E-state index in [0.29, 0.717) is 17.9 Å². The Morgan fingerprint density at radius 2 is 2.14 bits per heavy atom. The first-order valence-electron chi connectivity index (χ1n) is 10.4. The van der Waals surface area contributed by atoms with Gasteiger partial charge in [-0.05, 0) is 66.9 Å². The van der Waals surface area contributed by atoms with Crippen LogP contribution in [0.1, 0.15) is 49.7 Å². The number of aromatic nitrogens is 5. The highest BCUT2D eigenvalue weighted by molar-refractivity contribution is 5.79. The van der Waals surface area contributed by atoms with Gasteiger partial charge < -0.3 is 9.72 Å². The number of fused-ring (bicyclic) bond motifs is 1. The van der Waals surface area contributed by atoms with Crippen LogP contribution in [0.25, 0.3) is 10.9 Å². The molecule has 2 aromatic heterocycles. The van der Waals surface area contributed by atoms with E-state index in [4.69, 9.17) is 4.74 Å². The molecule has 1 saturated heterocycles. The van der Waals surface area contributed by atoms with Crippen molar-refractivity contribution in [2.45, 2.75) is 52.3 Å². The summed E-state index contributed by atoms with van der Waals surface area (Å²) in [5.74, 6) is 0.682. The minimum absolute atomic E-state index is 0.107. The van der Waals surface area contributed by atoms with E-state index < -0.39 is 0 Å². The second-order valence-electron chi connectivity index (χ2n) is 7.62. The van der Waals surface area contributed by atoms with Crippen LogP contribution >= 0.6 is 0 Å². The van der Waals surface area contributed by atoms with Gasteiger partial charge in [-0.25, -0.2) is 4.68 Å². The molecule has 0 aliphatic carbocycles. The quantitative estimate of drug-likeness (QED) is 0.660. The molecule has 8 heteroatoms. The molecular weight excluding hydrogens is 368 g/mol. The summed E-state index contributed by atoms with van der Waals surface area (Å²) in [6.07, 6.45) is 2.18. The Kier molecular flexibility index (Phi) is 5.73. The SMILES string of the molecule is CCN(CC)[C@H](c1cc2cc(C)ccc2[nH]c1=O)c1nnnn1C[C@H]1CCCO1. The second kappa shape index (κ2) is 8.42. The normalized spacial score (nSPS) is 18.0. The maximum atomic E-state index is 13.1. The number of tetrazole rings is 1. The van der Waals surface area contributed by atoms with E-state index in [9.17, 15) is 4.79 Å². The van der Waals surface area contributed by atoms with Crippen LogP contribution in [0, 0.1) is 6.92 Å². The van der Waals surface area contributed by atoms with Crippen LogP contribution in [0.2, 0.25) is 0 Å². The van der Waals surface area contributed by atoms with Gasteiger partial charge in [-0.1, -0.05) is 25.5 Å². The number of benzene rings is 1. The second-order valence-corrected chi connectivity index (χ2v) is 7.62. The standard InChI is InChI=1S/C21H28N6O2/c1-4-26(5-2)19(20-23-24-25-27(20)13-16-7-6-10-29-16)17-12-15-11-14(3)8-9-18(15)22-21(17)28/h8-9,11-12,16,19H,4-7,10,13H2,1-3H3,(H,22,28)/t16-,19-/m1/s1. The third kappa shape index (κ3) is 3.95. The number of aryl methyl sites for hydroxylation is 1. The highest BCUT2D eigenvalue weighted by Gasteiger charge is 2.30. The number of pyridine rings is 1. The van der Waals surface area contributed by atoms with Crippen LogP contribution in [0.3, 0.4) is 0 Å². The number of nitrogens with zero attached hydrogens (tertiary/aromatic N) is 5. The lowest BCUT2D eigenvalue weighted by molar-refractivity contribution is 0.0910. The van der Waals surface area contributed by atoms with Crippen LogP contribution < -0.4 is 5.56 Å². The van der Waals surface area contributed by atoms with Gasteiger partial charge in [-0.15, -0.1) is 5.10 Å². The van der Waals surface area contributed by atoms with Crippen molar-refractivity contribution in [3.63, 3.8) is 0 Å². The summed E-state index contributed by atoms with van der Waals surface area (Å²) in [5.41, 5.74) is 2.54. The molecule has 0 amide bonds. The smallest absolute Gasteiger partial charge is 0.253 e. The van der Waals surface area contributed by atoms with Crippen LogP contribution in [-0.2, 0) is 11.3 Å². The van der Waals surface area contributed by atoms with Gasteiger partial charge in [0.2, 0.25) is 0 Å². The number of aromatic amines is 1. The summed E-state index contributed by atoms with van der Waals surface area (Å²) in [5, 5.41) is 13.5. The van der Waals surface area contributed by atoms with E-state index in [0.717, 1.165) is 49.0 Å². The van der Waals surface area contributed by atoms with Crippen LogP contribution in [0.5, 0.6) is 0 Å². The van der Waals surface area contributed by atoms with Crippen molar-refractivity contribution in [1.82, 2.24) is 30.1 Å². The van der Waals surface area contributed by atoms with Gasteiger partial charge in [0.1, 0.15) is 6.04 Å². The third-order valence-electron chi connectivity index (χ3n) is 5.71. The van der Waals surface area contributed by atoms with Crippen LogP contribution in [0.4, 0.5) is 0 Å². The molecule has 3 aromatic rings. The zero-order valence-corrected chi connectivity index (χ0v) is 17.3. The molecule has 0 bridgehead atoms. The average molecular weight is 396 g/mol. The molecule has 0 saturated carbocycles. The lowest BCUT2D eigenvalue weighted by atomic mass is 10.0. The molecule has 154 valence electrons. The Labute approximate surface area is 169 Å². The Bertz CT molecular complexity index is 1030. The Morgan fingerprint density at radius 3 is 2.86 bits per heavy atom. The van der Waals surface area contributed by atoms with Gasteiger partial charge in [0, 0.05) is 17.7 Å². The van der Waals surface area contributed by atoms with Gasteiger partial charge in [0.25, 0.3) is 5.56 Å². The minimum atomic E-state index is -0.324. The number of rotatable bonds is 7. The predicted molar refractivity (Wildman–Crippen MR) is 111 cm³/mol. The van der Waals surface area contributed by atoms with Gasteiger partial charge in [-0.2, -0.15) is 0 Å². The average Bonchev–Trinajstić information content (AvgIpc) is 3.39.